The first-order valence-electron chi connectivity index (χ1n) is 13.7. The summed E-state index contributed by atoms with van der Waals surface area (Å²) < 4.78 is 11.0. The van der Waals surface area contributed by atoms with Gasteiger partial charge in [-0.2, -0.15) is 0 Å². The largest absolute Gasteiger partial charge is 0.497 e. The molecule has 1 aliphatic carbocycles. The summed E-state index contributed by atoms with van der Waals surface area (Å²) in [4.78, 5) is 29.5. The second-order valence-corrected chi connectivity index (χ2v) is 10.5. The Labute approximate surface area is 226 Å². The number of ketones is 1. The summed E-state index contributed by atoms with van der Waals surface area (Å²) in [6.45, 7) is 12.4. The lowest BCUT2D eigenvalue weighted by Gasteiger charge is -2.37. The molecule has 1 heterocycles. The third-order valence-electron chi connectivity index (χ3n) is 7.54. The van der Waals surface area contributed by atoms with E-state index in [2.05, 4.69) is 48.3 Å². The average molecular weight is 517 g/mol. The number of dihydropyridines is 1. The monoisotopic (exact) mass is 516 g/mol. The Hall–Kier alpha value is -3.54. The molecule has 0 amide bonds. The van der Waals surface area contributed by atoms with Gasteiger partial charge in [0.15, 0.2) is 5.78 Å². The van der Waals surface area contributed by atoms with Crippen LogP contribution in [0.25, 0.3) is 0 Å². The Bertz CT molecular complexity index is 1220. The summed E-state index contributed by atoms with van der Waals surface area (Å²) >= 11 is 0. The van der Waals surface area contributed by atoms with Gasteiger partial charge in [-0.05, 0) is 74.4 Å². The number of carbonyl (C=O) groups is 2. The molecule has 6 nitrogen and oxygen atoms in total. The first-order valence-corrected chi connectivity index (χ1v) is 13.7. The van der Waals surface area contributed by atoms with Gasteiger partial charge in [0, 0.05) is 48.1 Å². The zero-order valence-electron chi connectivity index (χ0n) is 23.5. The molecule has 0 bridgehead atoms. The van der Waals surface area contributed by atoms with Crippen LogP contribution in [0, 0.1) is 5.92 Å². The van der Waals surface area contributed by atoms with Crippen molar-refractivity contribution in [3.8, 4) is 5.75 Å². The zero-order chi connectivity index (χ0) is 27.4. The molecule has 2 aromatic rings. The summed E-state index contributed by atoms with van der Waals surface area (Å²) in [6, 6.07) is 16.2. The van der Waals surface area contributed by atoms with Crippen molar-refractivity contribution in [1.29, 1.82) is 0 Å². The van der Waals surface area contributed by atoms with Crippen molar-refractivity contribution >= 4 is 17.4 Å². The number of methoxy groups -OCH3 is 1. The van der Waals surface area contributed by atoms with Gasteiger partial charge in [0.2, 0.25) is 0 Å². The number of nitrogens with one attached hydrogen (secondary N) is 1. The molecule has 0 saturated carbocycles. The number of nitrogens with zero attached hydrogens (tertiary/aromatic N) is 1. The number of benzene rings is 2. The van der Waals surface area contributed by atoms with E-state index in [1.807, 2.05) is 45.0 Å². The number of hydrogen-bond acceptors (Lipinski definition) is 6. The number of anilines is 1. The summed E-state index contributed by atoms with van der Waals surface area (Å²) in [6.07, 6.45) is 1.10. The quantitative estimate of drug-likeness (QED) is 0.406. The highest BCUT2D eigenvalue weighted by Gasteiger charge is 2.41. The standard InChI is InChI=1S/C32H40N2O4/c1-7-34(8-2)25-13-9-23(10-14-25)30-29(32(36)38-19-20(3)4)21(5)33-27-17-24(18-28(35)31(27)30)22-11-15-26(37-6)16-12-22/h9-16,20,24,30,33H,7-8,17-19H2,1-6H3/t24-,30-/m1/s1. The van der Waals surface area contributed by atoms with Gasteiger partial charge in [0.25, 0.3) is 0 Å². The molecule has 6 heteroatoms. The van der Waals surface area contributed by atoms with Gasteiger partial charge in [-0.1, -0.05) is 38.1 Å². The first kappa shape index (κ1) is 27.5. The summed E-state index contributed by atoms with van der Waals surface area (Å²) in [5, 5.41) is 3.44. The maximum Gasteiger partial charge on any atom is 0.336 e. The predicted octanol–water partition coefficient (Wildman–Crippen LogP) is 6.10. The van der Waals surface area contributed by atoms with Crippen LogP contribution < -0.4 is 15.0 Å². The van der Waals surface area contributed by atoms with Crippen LogP contribution in [-0.2, 0) is 14.3 Å². The molecule has 4 rings (SSSR count). The van der Waals surface area contributed by atoms with Crippen molar-refractivity contribution in [2.75, 3.05) is 31.7 Å². The highest BCUT2D eigenvalue weighted by atomic mass is 16.5. The van der Waals surface area contributed by atoms with Crippen LogP contribution in [0.2, 0.25) is 0 Å². The van der Waals surface area contributed by atoms with Crippen molar-refractivity contribution in [2.24, 2.45) is 5.92 Å². The van der Waals surface area contributed by atoms with Crippen LogP contribution in [0.5, 0.6) is 5.75 Å². The molecule has 1 aliphatic heterocycles. The maximum atomic E-state index is 13.8. The molecule has 38 heavy (non-hydrogen) atoms. The molecule has 0 fully saturated rings. The van der Waals surface area contributed by atoms with E-state index in [-0.39, 0.29) is 23.6 Å². The highest BCUT2D eigenvalue weighted by molar-refractivity contribution is 6.04. The smallest absolute Gasteiger partial charge is 0.336 e. The molecule has 202 valence electrons. The number of esters is 1. The van der Waals surface area contributed by atoms with Crippen molar-refractivity contribution in [2.45, 2.75) is 59.3 Å². The molecular weight excluding hydrogens is 476 g/mol. The number of allylic oxidation sites excluding steroid dienone is 3. The molecule has 2 aromatic carbocycles. The second kappa shape index (κ2) is 11.9. The molecule has 0 radical (unpaired) electrons. The van der Waals surface area contributed by atoms with E-state index in [1.165, 1.54) is 0 Å². The van der Waals surface area contributed by atoms with E-state index in [4.69, 9.17) is 9.47 Å². The fraction of sp³-hybridized carbons (Fsp3) is 0.438. The van der Waals surface area contributed by atoms with Gasteiger partial charge in [-0.25, -0.2) is 4.79 Å². The fourth-order valence-corrected chi connectivity index (χ4v) is 5.54. The normalized spacial score (nSPS) is 19.3. The van der Waals surface area contributed by atoms with Crippen molar-refractivity contribution in [1.82, 2.24) is 5.32 Å². The average Bonchev–Trinajstić information content (AvgIpc) is 2.92. The first-order chi connectivity index (χ1) is 18.3. The SMILES string of the molecule is CCN(CC)c1ccc([C@@H]2C(C(=O)OCC(C)C)=C(C)NC3=C2C(=O)C[C@H](c2ccc(OC)cc2)C3)cc1. The number of ether oxygens (including phenoxy) is 2. The lowest BCUT2D eigenvalue weighted by Crippen LogP contribution is -2.36. The molecule has 0 aromatic heterocycles. The topological polar surface area (TPSA) is 67.9 Å². The lowest BCUT2D eigenvalue weighted by atomic mass is 9.71. The Morgan fingerprint density at radius 3 is 2.21 bits per heavy atom. The number of carbonyl (C=O) groups excluding carboxylic acids is 2. The third-order valence-corrected chi connectivity index (χ3v) is 7.54. The van der Waals surface area contributed by atoms with Crippen LogP contribution in [-0.4, -0.2) is 38.6 Å². The summed E-state index contributed by atoms with van der Waals surface area (Å²) in [7, 11) is 1.65. The van der Waals surface area contributed by atoms with E-state index in [9.17, 15) is 9.59 Å². The summed E-state index contributed by atoms with van der Waals surface area (Å²) in [5.41, 5.74) is 6.03. The second-order valence-electron chi connectivity index (χ2n) is 10.5. The van der Waals surface area contributed by atoms with Crippen molar-refractivity contribution in [3.05, 3.63) is 82.2 Å². The fourth-order valence-electron chi connectivity index (χ4n) is 5.54. The van der Waals surface area contributed by atoms with E-state index in [1.54, 1.807) is 7.11 Å². The lowest BCUT2D eigenvalue weighted by molar-refractivity contribution is -0.140. The molecule has 0 saturated heterocycles. The molecule has 2 aliphatic rings. The van der Waals surface area contributed by atoms with Gasteiger partial charge in [-0.3, -0.25) is 4.79 Å². The van der Waals surface area contributed by atoms with Gasteiger partial charge < -0.3 is 19.7 Å². The maximum absolute atomic E-state index is 13.8. The van der Waals surface area contributed by atoms with Gasteiger partial charge in [-0.15, -0.1) is 0 Å². The molecule has 0 spiro atoms. The van der Waals surface area contributed by atoms with Crippen LogP contribution >= 0.6 is 0 Å². The van der Waals surface area contributed by atoms with Crippen LogP contribution in [0.15, 0.2) is 71.1 Å². The van der Waals surface area contributed by atoms with Gasteiger partial charge in [0.05, 0.1) is 19.3 Å². The molecular formula is C32H40N2O4. The number of Topliss-reactive ketones (excluding diaryl/α,β-unsaturated/α-hetero) is 1. The van der Waals surface area contributed by atoms with E-state index < -0.39 is 5.92 Å². The minimum Gasteiger partial charge on any atom is -0.497 e. The number of hydrogen-bond donors (Lipinski definition) is 1. The van der Waals surface area contributed by atoms with E-state index >= 15 is 0 Å². The Balaban J connectivity index is 1.74. The van der Waals surface area contributed by atoms with Crippen molar-refractivity contribution < 1.29 is 19.1 Å². The molecule has 0 unspecified atom stereocenters. The highest BCUT2D eigenvalue weighted by Crippen LogP contribution is 2.46. The minimum atomic E-state index is -0.457. The zero-order valence-corrected chi connectivity index (χ0v) is 23.5. The molecule has 2 atom stereocenters. The Kier molecular flexibility index (Phi) is 8.60. The van der Waals surface area contributed by atoms with E-state index in [0.717, 1.165) is 47.0 Å². The molecule has 1 N–H and O–H groups in total. The van der Waals surface area contributed by atoms with E-state index in [0.29, 0.717) is 30.6 Å². The number of rotatable bonds is 9. The van der Waals surface area contributed by atoms with Crippen molar-refractivity contribution in [3.63, 3.8) is 0 Å². The third kappa shape index (κ3) is 5.64. The predicted molar refractivity (Wildman–Crippen MR) is 151 cm³/mol. The Morgan fingerprint density at radius 2 is 1.63 bits per heavy atom. The minimum absolute atomic E-state index is 0.0626. The van der Waals surface area contributed by atoms with Crippen LogP contribution in [0.3, 0.4) is 0 Å². The summed E-state index contributed by atoms with van der Waals surface area (Å²) in [5.74, 6) is 0.327. The van der Waals surface area contributed by atoms with Crippen LogP contribution in [0.1, 0.15) is 70.4 Å². The van der Waals surface area contributed by atoms with Gasteiger partial charge >= 0.3 is 5.97 Å². The van der Waals surface area contributed by atoms with Crippen LogP contribution in [0.4, 0.5) is 5.69 Å². The Morgan fingerprint density at radius 1 is 1.00 bits per heavy atom. The van der Waals surface area contributed by atoms with Gasteiger partial charge in [0.1, 0.15) is 5.75 Å².